The molecule has 29 heavy (non-hydrogen) atoms. The number of benzene rings is 2. The summed E-state index contributed by atoms with van der Waals surface area (Å²) in [5, 5.41) is 2.57. The second-order valence-electron chi connectivity index (χ2n) is 6.57. The zero-order chi connectivity index (χ0) is 21.2. The maximum Gasteiger partial charge on any atom is 0.242 e. The predicted octanol–water partition coefficient (Wildman–Crippen LogP) is 3.16. The van der Waals surface area contributed by atoms with Gasteiger partial charge in [-0.05, 0) is 55.3 Å². The van der Waals surface area contributed by atoms with Gasteiger partial charge in [-0.3, -0.25) is 9.59 Å². The van der Waals surface area contributed by atoms with E-state index < -0.39 is 6.04 Å². The molecule has 0 radical (unpaired) electrons. The highest BCUT2D eigenvalue weighted by Gasteiger charge is 2.25. The number of nitrogens with zero attached hydrogens (tertiary/aromatic N) is 1. The minimum atomic E-state index is -0.639. The molecule has 2 aromatic rings. The second-order valence-corrected chi connectivity index (χ2v) is 6.57. The summed E-state index contributed by atoms with van der Waals surface area (Å²) in [7, 11) is 3.13. The van der Waals surface area contributed by atoms with E-state index in [4.69, 9.17) is 9.47 Å². The van der Waals surface area contributed by atoms with E-state index in [-0.39, 0.29) is 30.6 Å². The molecule has 0 spiro atoms. The van der Waals surface area contributed by atoms with E-state index in [9.17, 15) is 14.0 Å². The van der Waals surface area contributed by atoms with Crippen LogP contribution >= 0.6 is 0 Å². The quantitative estimate of drug-likeness (QED) is 0.620. The molecule has 0 aliphatic rings. The minimum Gasteiger partial charge on any atom is -0.497 e. The summed E-state index contributed by atoms with van der Waals surface area (Å²) in [6, 6.07) is 12.5. The van der Waals surface area contributed by atoms with E-state index in [0.717, 1.165) is 11.3 Å². The number of carbonyl (C=O) groups is 2. The molecule has 0 aromatic heterocycles. The molecule has 1 atom stereocenters. The first-order valence-corrected chi connectivity index (χ1v) is 9.47. The lowest BCUT2D eigenvalue weighted by atomic mass is 10.1. The fourth-order valence-electron chi connectivity index (χ4n) is 2.81. The summed E-state index contributed by atoms with van der Waals surface area (Å²) >= 11 is 0. The number of amides is 2. The molecule has 2 amide bonds. The van der Waals surface area contributed by atoms with Gasteiger partial charge in [0, 0.05) is 20.0 Å². The second kappa shape index (κ2) is 11.0. The van der Waals surface area contributed by atoms with Crippen LogP contribution in [0.1, 0.15) is 25.3 Å². The van der Waals surface area contributed by atoms with E-state index >= 15 is 0 Å². The highest BCUT2D eigenvalue weighted by Crippen LogP contribution is 2.18. The van der Waals surface area contributed by atoms with Crippen LogP contribution in [0.4, 0.5) is 4.39 Å². The van der Waals surface area contributed by atoms with E-state index in [0.29, 0.717) is 18.8 Å². The van der Waals surface area contributed by atoms with E-state index in [1.165, 1.54) is 24.1 Å². The maximum absolute atomic E-state index is 13.1. The highest BCUT2D eigenvalue weighted by atomic mass is 19.1. The van der Waals surface area contributed by atoms with Gasteiger partial charge in [-0.15, -0.1) is 0 Å². The van der Waals surface area contributed by atoms with Gasteiger partial charge in [-0.1, -0.05) is 12.1 Å². The predicted molar refractivity (Wildman–Crippen MR) is 108 cm³/mol. The number of ether oxygens (including phenoxy) is 2. The summed E-state index contributed by atoms with van der Waals surface area (Å²) in [5.41, 5.74) is 0.755. The van der Waals surface area contributed by atoms with Gasteiger partial charge in [-0.2, -0.15) is 0 Å². The van der Waals surface area contributed by atoms with Crippen molar-refractivity contribution in [3.05, 3.63) is 59.9 Å². The van der Waals surface area contributed by atoms with Gasteiger partial charge in [0.2, 0.25) is 11.8 Å². The number of hydrogen-bond donors (Lipinski definition) is 1. The van der Waals surface area contributed by atoms with Crippen LogP contribution in [0, 0.1) is 5.82 Å². The van der Waals surface area contributed by atoms with Crippen molar-refractivity contribution in [2.24, 2.45) is 0 Å². The Balaban J connectivity index is 1.93. The molecule has 156 valence electrons. The third kappa shape index (κ3) is 6.78. The highest BCUT2D eigenvalue weighted by molar-refractivity contribution is 5.87. The molecule has 2 rings (SSSR count). The molecule has 0 aliphatic heterocycles. The first-order chi connectivity index (χ1) is 13.9. The van der Waals surface area contributed by atoms with Gasteiger partial charge in [0.1, 0.15) is 23.4 Å². The van der Waals surface area contributed by atoms with Crippen molar-refractivity contribution < 1.29 is 23.5 Å². The summed E-state index contributed by atoms with van der Waals surface area (Å²) in [6.45, 7) is 2.28. The summed E-state index contributed by atoms with van der Waals surface area (Å²) in [6.07, 6.45) is 0.740. The average molecular weight is 402 g/mol. The Morgan fingerprint density at radius 3 is 2.28 bits per heavy atom. The maximum atomic E-state index is 13.1. The van der Waals surface area contributed by atoms with Crippen LogP contribution in [0.2, 0.25) is 0 Å². The lowest BCUT2D eigenvalue weighted by Crippen LogP contribution is -2.46. The third-order valence-electron chi connectivity index (χ3n) is 4.54. The van der Waals surface area contributed by atoms with Crippen LogP contribution < -0.4 is 14.8 Å². The molecular weight excluding hydrogens is 375 g/mol. The Bertz CT molecular complexity index is 793. The van der Waals surface area contributed by atoms with E-state index in [1.54, 1.807) is 50.4 Å². The molecule has 0 fully saturated rings. The van der Waals surface area contributed by atoms with Crippen LogP contribution in [0.5, 0.6) is 11.5 Å². The fraction of sp³-hybridized carbons (Fsp3) is 0.364. The standard InChI is InChI=1S/C22H27FN2O4/c1-16(22(27)24-2)25(15-17-6-8-18(23)9-7-17)21(26)5-4-14-29-20-12-10-19(28-3)11-13-20/h6-13,16H,4-5,14-15H2,1-3H3,(H,24,27)/t16-/m1/s1. The minimum absolute atomic E-state index is 0.163. The number of rotatable bonds is 10. The van der Waals surface area contributed by atoms with Crippen LogP contribution in [-0.4, -0.2) is 43.5 Å². The van der Waals surface area contributed by atoms with Crippen molar-refractivity contribution in [3.63, 3.8) is 0 Å². The molecule has 6 nitrogen and oxygen atoms in total. The number of carbonyl (C=O) groups excluding carboxylic acids is 2. The van der Waals surface area contributed by atoms with Crippen LogP contribution in [-0.2, 0) is 16.1 Å². The van der Waals surface area contributed by atoms with Crippen molar-refractivity contribution in [2.45, 2.75) is 32.4 Å². The van der Waals surface area contributed by atoms with Crippen LogP contribution in [0.3, 0.4) is 0 Å². The molecule has 7 heteroatoms. The van der Waals surface area contributed by atoms with Crippen molar-refractivity contribution in [1.82, 2.24) is 10.2 Å². The summed E-state index contributed by atoms with van der Waals surface area (Å²) in [4.78, 5) is 26.3. The van der Waals surface area contributed by atoms with Gasteiger partial charge in [0.05, 0.1) is 13.7 Å². The van der Waals surface area contributed by atoms with Gasteiger partial charge in [0.25, 0.3) is 0 Å². The summed E-state index contributed by atoms with van der Waals surface area (Å²) < 4.78 is 23.9. The van der Waals surface area contributed by atoms with Gasteiger partial charge >= 0.3 is 0 Å². The Morgan fingerprint density at radius 2 is 1.69 bits per heavy atom. The molecule has 1 N–H and O–H groups in total. The van der Waals surface area contributed by atoms with Crippen LogP contribution in [0.15, 0.2) is 48.5 Å². The molecule has 2 aromatic carbocycles. The normalized spacial score (nSPS) is 11.4. The average Bonchev–Trinajstić information content (AvgIpc) is 2.75. The first kappa shape index (κ1) is 22.2. The van der Waals surface area contributed by atoms with E-state index in [2.05, 4.69) is 5.32 Å². The summed E-state index contributed by atoms with van der Waals surface area (Å²) in [5.74, 6) is 0.674. The van der Waals surface area contributed by atoms with Gasteiger partial charge in [0.15, 0.2) is 0 Å². The topological polar surface area (TPSA) is 67.9 Å². The van der Waals surface area contributed by atoms with Crippen molar-refractivity contribution >= 4 is 11.8 Å². The SMILES string of the molecule is CNC(=O)[C@@H](C)N(Cc1ccc(F)cc1)C(=O)CCCOc1ccc(OC)cc1. The Kier molecular flexibility index (Phi) is 8.45. The van der Waals surface area contributed by atoms with Crippen molar-refractivity contribution in [2.75, 3.05) is 20.8 Å². The lowest BCUT2D eigenvalue weighted by molar-refractivity contribution is -0.140. The molecule has 0 heterocycles. The zero-order valence-electron chi connectivity index (χ0n) is 17.0. The number of nitrogens with one attached hydrogen (secondary N) is 1. The number of hydrogen-bond acceptors (Lipinski definition) is 4. The van der Waals surface area contributed by atoms with Gasteiger partial charge in [-0.25, -0.2) is 4.39 Å². The molecule has 0 saturated carbocycles. The van der Waals surface area contributed by atoms with Crippen molar-refractivity contribution in [1.29, 1.82) is 0 Å². The lowest BCUT2D eigenvalue weighted by Gasteiger charge is -2.28. The largest absolute Gasteiger partial charge is 0.497 e. The monoisotopic (exact) mass is 402 g/mol. The van der Waals surface area contributed by atoms with Crippen molar-refractivity contribution in [3.8, 4) is 11.5 Å². The fourth-order valence-corrected chi connectivity index (χ4v) is 2.81. The molecular formula is C22H27FN2O4. The zero-order valence-corrected chi connectivity index (χ0v) is 17.0. The molecule has 0 saturated heterocycles. The Labute approximate surface area is 170 Å². The first-order valence-electron chi connectivity index (χ1n) is 9.47. The van der Waals surface area contributed by atoms with E-state index in [1.807, 2.05) is 0 Å². The number of likely N-dealkylation sites (N-methyl/N-ethyl adjacent to an activating group) is 1. The molecule has 0 bridgehead atoms. The Hall–Kier alpha value is -3.09. The molecule has 0 unspecified atom stereocenters. The molecule has 0 aliphatic carbocycles. The third-order valence-corrected chi connectivity index (χ3v) is 4.54. The number of methoxy groups -OCH3 is 1. The smallest absolute Gasteiger partial charge is 0.242 e. The number of halogens is 1. The van der Waals surface area contributed by atoms with Crippen LogP contribution in [0.25, 0.3) is 0 Å². The van der Waals surface area contributed by atoms with Gasteiger partial charge < -0.3 is 19.7 Å². The Morgan fingerprint density at radius 1 is 1.07 bits per heavy atom.